The highest BCUT2D eigenvalue weighted by Crippen LogP contribution is 2.13. The van der Waals surface area contributed by atoms with Crippen molar-refractivity contribution >= 4 is 11.6 Å². The van der Waals surface area contributed by atoms with E-state index in [1.165, 1.54) is 0 Å². The van der Waals surface area contributed by atoms with E-state index in [0.717, 1.165) is 11.3 Å². The Kier molecular flexibility index (Phi) is 6.82. The van der Waals surface area contributed by atoms with Crippen molar-refractivity contribution in [2.75, 3.05) is 18.5 Å². The molecule has 0 aliphatic heterocycles. The van der Waals surface area contributed by atoms with E-state index < -0.39 is 6.10 Å². The molecule has 4 heteroatoms. The van der Waals surface area contributed by atoms with Gasteiger partial charge in [0.1, 0.15) is 6.10 Å². The van der Waals surface area contributed by atoms with Gasteiger partial charge in [-0.05, 0) is 31.5 Å². The fourth-order valence-corrected chi connectivity index (χ4v) is 2.32. The van der Waals surface area contributed by atoms with Gasteiger partial charge in [-0.25, -0.2) is 0 Å². The Labute approximate surface area is 144 Å². The Bertz CT molecular complexity index is 616. The minimum atomic E-state index is -0.473. The summed E-state index contributed by atoms with van der Waals surface area (Å²) < 4.78 is 5.64. The number of hydrogen-bond acceptors (Lipinski definition) is 3. The quantitative estimate of drug-likeness (QED) is 0.810. The number of hydrogen-bond donors (Lipinski definition) is 1. The number of nitrogens with one attached hydrogen (secondary N) is 1. The van der Waals surface area contributed by atoms with Crippen molar-refractivity contribution < 1.29 is 9.53 Å². The summed E-state index contributed by atoms with van der Waals surface area (Å²) in [6, 6.07) is 20.2. The van der Waals surface area contributed by atoms with Crippen LogP contribution in [-0.2, 0) is 16.1 Å². The van der Waals surface area contributed by atoms with Crippen LogP contribution in [0.15, 0.2) is 60.7 Å². The van der Waals surface area contributed by atoms with Crippen LogP contribution < -0.4 is 10.2 Å². The van der Waals surface area contributed by atoms with Crippen LogP contribution in [0.25, 0.3) is 0 Å². The normalized spacial score (nSPS) is 13.1. The molecule has 2 aromatic carbocycles. The number of carbonyl (C=O) groups excluding carboxylic acids is 1. The molecule has 128 valence electrons. The van der Waals surface area contributed by atoms with E-state index in [9.17, 15) is 4.79 Å². The highest BCUT2D eigenvalue weighted by Gasteiger charge is 2.16. The van der Waals surface area contributed by atoms with E-state index >= 15 is 0 Å². The van der Waals surface area contributed by atoms with Crippen LogP contribution in [0, 0.1) is 0 Å². The lowest BCUT2D eigenvalue weighted by molar-refractivity contribution is -0.132. The van der Waals surface area contributed by atoms with E-state index in [1.807, 2.05) is 55.6 Å². The highest BCUT2D eigenvalue weighted by atomic mass is 16.5. The Morgan fingerprint density at radius 3 is 2.25 bits per heavy atom. The minimum Gasteiger partial charge on any atom is -0.370 e. The molecule has 1 N–H and O–H groups in total. The number of likely N-dealkylation sites (N-methyl/N-ethyl adjacent to an activating group) is 1. The first kappa shape index (κ1) is 18.0. The van der Waals surface area contributed by atoms with Gasteiger partial charge in [0.05, 0.1) is 6.61 Å². The van der Waals surface area contributed by atoms with E-state index in [4.69, 9.17) is 4.74 Å². The average molecular weight is 326 g/mol. The van der Waals surface area contributed by atoms with E-state index in [2.05, 4.69) is 29.3 Å². The van der Waals surface area contributed by atoms with Crippen molar-refractivity contribution in [1.82, 2.24) is 5.32 Å². The van der Waals surface area contributed by atoms with Gasteiger partial charge in [0.15, 0.2) is 0 Å². The molecule has 2 aromatic rings. The van der Waals surface area contributed by atoms with Crippen molar-refractivity contribution in [1.29, 1.82) is 0 Å². The molecule has 0 saturated heterocycles. The number of amides is 1. The van der Waals surface area contributed by atoms with Gasteiger partial charge in [0.2, 0.25) is 5.91 Å². The smallest absolute Gasteiger partial charge is 0.248 e. The SMILES string of the molecule is C[C@H](OCc1ccccc1)C(=O)NC[C@@H](C)N(C)c1ccccc1. The summed E-state index contributed by atoms with van der Waals surface area (Å²) in [6.07, 6.45) is -0.473. The summed E-state index contributed by atoms with van der Waals surface area (Å²) in [4.78, 5) is 14.3. The number of nitrogens with zero attached hydrogens (tertiary/aromatic N) is 1. The third kappa shape index (κ3) is 5.39. The number of ether oxygens (including phenoxy) is 1. The highest BCUT2D eigenvalue weighted by molar-refractivity contribution is 5.80. The Balaban J connectivity index is 1.75. The second-order valence-electron chi connectivity index (χ2n) is 5.98. The Hall–Kier alpha value is -2.33. The molecule has 0 fully saturated rings. The summed E-state index contributed by atoms with van der Waals surface area (Å²) in [6.45, 7) is 4.88. The number of benzene rings is 2. The average Bonchev–Trinajstić information content (AvgIpc) is 2.64. The molecule has 0 aliphatic rings. The van der Waals surface area contributed by atoms with Crippen molar-refractivity contribution in [2.45, 2.75) is 32.6 Å². The topological polar surface area (TPSA) is 41.6 Å². The maximum Gasteiger partial charge on any atom is 0.248 e. The van der Waals surface area contributed by atoms with Gasteiger partial charge < -0.3 is 15.0 Å². The van der Waals surface area contributed by atoms with Gasteiger partial charge in [-0.2, -0.15) is 0 Å². The van der Waals surface area contributed by atoms with Gasteiger partial charge in [-0.3, -0.25) is 4.79 Å². The zero-order valence-corrected chi connectivity index (χ0v) is 14.6. The standard InChI is InChI=1S/C20H26N2O2/c1-16(22(3)19-12-8-5-9-13-19)14-21-20(23)17(2)24-15-18-10-6-4-7-11-18/h4-13,16-17H,14-15H2,1-3H3,(H,21,23)/t16-,17+/m1/s1. The van der Waals surface area contributed by atoms with Crippen molar-refractivity contribution in [3.05, 3.63) is 66.2 Å². The van der Waals surface area contributed by atoms with E-state index in [-0.39, 0.29) is 11.9 Å². The van der Waals surface area contributed by atoms with Gasteiger partial charge in [-0.15, -0.1) is 0 Å². The first-order valence-electron chi connectivity index (χ1n) is 8.29. The number of rotatable bonds is 8. The molecule has 2 atom stereocenters. The van der Waals surface area contributed by atoms with Crippen molar-refractivity contribution in [3.8, 4) is 0 Å². The zero-order valence-electron chi connectivity index (χ0n) is 14.6. The maximum atomic E-state index is 12.2. The van der Waals surface area contributed by atoms with Crippen molar-refractivity contribution in [2.24, 2.45) is 0 Å². The molecule has 0 heterocycles. The van der Waals surface area contributed by atoms with Gasteiger partial charge in [-0.1, -0.05) is 48.5 Å². The van der Waals surface area contributed by atoms with Crippen LogP contribution in [0.4, 0.5) is 5.69 Å². The second kappa shape index (κ2) is 9.08. The third-order valence-electron chi connectivity index (χ3n) is 4.11. The molecule has 0 spiro atoms. The molecule has 0 bridgehead atoms. The van der Waals surface area contributed by atoms with Crippen LogP contribution in [0.3, 0.4) is 0 Å². The third-order valence-corrected chi connectivity index (χ3v) is 4.11. The van der Waals surface area contributed by atoms with Crippen LogP contribution in [0.1, 0.15) is 19.4 Å². The summed E-state index contributed by atoms with van der Waals surface area (Å²) >= 11 is 0. The van der Waals surface area contributed by atoms with Gasteiger partial charge in [0.25, 0.3) is 0 Å². The fourth-order valence-electron chi connectivity index (χ4n) is 2.32. The number of anilines is 1. The second-order valence-corrected chi connectivity index (χ2v) is 5.98. The van der Waals surface area contributed by atoms with E-state index in [0.29, 0.717) is 13.2 Å². The molecule has 0 aromatic heterocycles. The zero-order chi connectivity index (χ0) is 17.4. The lowest BCUT2D eigenvalue weighted by Gasteiger charge is -2.27. The van der Waals surface area contributed by atoms with Gasteiger partial charge >= 0.3 is 0 Å². The molecule has 0 aliphatic carbocycles. The summed E-state index contributed by atoms with van der Waals surface area (Å²) in [5.74, 6) is -0.0840. The van der Waals surface area contributed by atoms with E-state index in [1.54, 1.807) is 6.92 Å². The summed E-state index contributed by atoms with van der Waals surface area (Å²) in [7, 11) is 2.03. The maximum absolute atomic E-state index is 12.2. The fraction of sp³-hybridized carbons (Fsp3) is 0.350. The summed E-state index contributed by atoms with van der Waals surface area (Å²) in [5.41, 5.74) is 2.20. The lowest BCUT2D eigenvalue weighted by atomic mass is 10.2. The molecular formula is C20H26N2O2. The largest absolute Gasteiger partial charge is 0.370 e. The number of carbonyl (C=O) groups is 1. The molecule has 0 saturated carbocycles. The lowest BCUT2D eigenvalue weighted by Crippen LogP contribution is -2.43. The van der Waals surface area contributed by atoms with Crippen molar-refractivity contribution in [3.63, 3.8) is 0 Å². The monoisotopic (exact) mass is 326 g/mol. The molecule has 2 rings (SSSR count). The first-order valence-corrected chi connectivity index (χ1v) is 8.29. The Morgan fingerprint density at radius 1 is 1.04 bits per heavy atom. The molecular weight excluding hydrogens is 300 g/mol. The van der Waals surface area contributed by atoms with Crippen LogP contribution in [0.2, 0.25) is 0 Å². The van der Waals surface area contributed by atoms with Crippen LogP contribution in [-0.4, -0.2) is 31.6 Å². The number of para-hydroxylation sites is 1. The van der Waals surface area contributed by atoms with Crippen LogP contribution >= 0.6 is 0 Å². The molecule has 24 heavy (non-hydrogen) atoms. The van der Waals surface area contributed by atoms with Crippen LogP contribution in [0.5, 0.6) is 0 Å². The summed E-state index contributed by atoms with van der Waals surface area (Å²) in [5, 5.41) is 2.96. The first-order chi connectivity index (χ1) is 11.6. The minimum absolute atomic E-state index is 0.0840. The predicted molar refractivity (Wildman–Crippen MR) is 98.0 cm³/mol. The molecule has 0 unspecified atom stereocenters. The molecule has 4 nitrogen and oxygen atoms in total. The predicted octanol–water partition coefficient (Wildman–Crippen LogP) is 3.23. The molecule has 1 amide bonds. The Morgan fingerprint density at radius 2 is 1.62 bits per heavy atom. The van der Waals surface area contributed by atoms with Gasteiger partial charge in [0, 0.05) is 25.3 Å². The molecule has 0 radical (unpaired) electrons.